The molecule has 0 saturated heterocycles. The molecule has 4 aromatic rings. The molecule has 0 bridgehead atoms. The average Bonchev–Trinajstić information content (AvgIpc) is 2.95. The smallest absolute Gasteiger partial charge is 0.282 e. The van der Waals surface area contributed by atoms with Crippen LogP contribution in [0.4, 0.5) is 13.2 Å². The molecule has 0 aliphatic carbocycles. The van der Waals surface area contributed by atoms with E-state index in [1.54, 1.807) is 6.92 Å². The molecular weight excluding hydrogens is 337 g/mol. The number of hydrogen-bond donors (Lipinski definition) is 0. The molecule has 126 valence electrons. The minimum Gasteiger partial charge on any atom is -0.282 e. The lowest BCUT2D eigenvalue weighted by Crippen LogP contribution is -2.23. The normalized spacial score (nSPS) is 12.2. The molecule has 4 rings (SSSR count). The Morgan fingerprint density at radius 1 is 1.08 bits per heavy atom. The van der Waals surface area contributed by atoms with Crippen LogP contribution in [-0.2, 0) is 6.18 Å². The summed E-state index contributed by atoms with van der Waals surface area (Å²) in [4.78, 5) is 16.7. The van der Waals surface area contributed by atoms with E-state index in [9.17, 15) is 18.0 Å². The Bertz CT molecular complexity index is 1180. The summed E-state index contributed by atoms with van der Waals surface area (Å²) in [5.74, 6) is 0.645. The van der Waals surface area contributed by atoms with Crippen LogP contribution < -0.4 is 5.56 Å². The van der Waals surface area contributed by atoms with Gasteiger partial charge in [0.1, 0.15) is 11.3 Å². The van der Waals surface area contributed by atoms with Gasteiger partial charge in [0.05, 0.1) is 11.3 Å². The predicted molar refractivity (Wildman–Crippen MR) is 81.4 cm³/mol. The zero-order valence-electron chi connectivity index (χ0n) is 12.7. The van der Waals surface area contributed by atoms with Crippen LogP contribution in [-0.4, -0.2) is 29.4 Å². The molecule has 0 N–H and O–H groups in total. The van der Waals surface area contributed by atoms with E-state index in [1.807, 2.05) is 0 Å². The zero-order chi connectivity index (χ0) is 17.8. The molecule has 1 aromatic carbocycles. The summed E-state index contributed by atoms with van der Waals surface area (Å²) < 4.78 is 41.9. The van der Waals surface area contributed by atoms with Crippen molar-refractivity contribution in [3.05, 3.63) is 58.3 Å². The number of fused-ring (bicyclic) bond motifs is 3. The van der Waals surface area contributed by atoms with E-state index in [1.165, 1.54) is 35.0 Å². The maximum Gasteiger partial charge on any atom is 0.418 e. The first-order valence-corrected chi connectivity index (χ1v) is 7.14. The molecule has 0 aliphatic rings. The second kappa shape index (κ2) is 5.10. The van der Waals surface area contributed by atoms with Gasteiger partial charge in [0, 0.05) is 6.20 Å². The fraction of sp³-hybridized carbons (Fsp3) is 0.133. The predicted octanol–water partition coefficient (Wildman–Crippen LogP) is 2.15. The van der Waals surface area contributed by atoms with Gasteiger partial charge in [-0.1, -0.05) is 12.1 Å². The fourth-order valence-corrected chi connectivity index (χ4v) is 2.62. The number of nitrogens with zero attached hydrogens (tertiary/aromatic N) is 6. The molecule has 3 aromatic heterocycles. The van der Waals surface area contributed by atoms with Gasteiger partial charge >= 0.3 is 6.18 Å². The number of hydrogen-bond acceptors (Lipinski definition) is 5. The largest absolute Gasteiger partial charge is 0.418 e. The topological polar surface area (TPSA) is 78.0 Å². The summed E-state index contributed by atoms with van der Waals surface area (Å²) >= 11 is 0. The third kappa shape index (κ3) is 2.33. The van der Waals surface area contributed by atoms with Crippen LogP contribution in [0.2, 0.25) is 0 Å². The summed E-state index contributed by atoms with van der Waals surface area (Å²) in [5.41, 5.74) is -1.70. The van der Waals surface area contributed by atoms with Crippen LogP contribution in [0.5, 0.6) is 0 Å². The number of alkyl halides is 3. The van der Waals surface area contributed by atoms with Crippen LogP contribution in [0.25, 0.3) is 22.5 Å². The Hall–Kier alpha value is -3.30. The molecule has 3 heterocycles. The highest BCUT2D eigenvalue weighted by Crippen LogP contribution is 2.33. The fourth-order valence-electron chi connectivity index (χ4n) is 2.62. The standard InChI is InChI=1S/C15H9F3N6O/c1-8-19-14-21-20-12-11(24(14)22-8)6-7-23(13(12)25)10-5-3-2-4-9(10)15(16,17)18/h2-7H,1H3. The minimum atomic E-state index is -4.59. The molecule has 0 spiro atoms. The Morgan fingerprint density at radius 2 is 1.84 bits per heavy atom. The molecule has 0 unspecified atom stereocenters. The molecule has 0 aliphatic heterocycles. The van der Waals surface area contributed by atoms with Crippen molar-refractivity contribution in [1.82, 2.24) is 29.4 Å². The lowest BCUT2D eigenvalue weighted by Gasteiger charge is -2.14. The number of aromatic nitrogens is 6. The van der Waals surface area contributed by atoms with E-state index in [2.05, 4.69) is 20.3 Å². The number of aryl methyl sites for hydroxylation is 1. The van der Waals surface area contributed by atoms with Crippen molar-refractivity contribution < 1.29 is 13.2 Å². The molecule has 7 nitrogen and oxygen atoms in total. The maximum absolute atomic E-state index is 13.2. The first-order chi connectivity index (χ1) is 11.9. The second-order valence-electron chi connectivity index (χ2n) is 5.31. The molecular formula is C15H9F3N6O. The number of rotatable bonds is 1. The average molecular weight is 346 g/mol. The summed E-state index contributed by atoms with van der Waals surface area (Å²) in [6.45, 7) is 1.65. The van der Waals surface area contributed by atoms with Gasteiger partial charge in [0.25, 0.3) is 11.3 Å². The zero-order valence-corrected chi connectivity index (χ0v) is 12.7. The van der Waals surface area contributed by atoms with Gasteiger partial charge in [-0.25, -0.2) is 0 Å². The Kier molecular flexibility index (Phi) is 3.11. The highest BCUT2D eigenvalue weighted by atomic mass is 19.4. The number of para-hydroxylation sites is 1. The van der Waals surface area contributed by atoms with Crippen LogP contribution in [0.15, 0.2) is 41.3 Å². The molecule has 0 atom stereocenters. The number of benzene rings is 1. The summed E-state index contributed by atoms with van der Waals surface area (Å²) in [5, 5.41) is 11.7. The van der Waals surface area contributed by atoms with Gasteiger partial charge in [0.15, 0.2) is 5.52 Å². The van der Waals surface area contributed by atoms with E-state index in [0.717, 1.165) is 10.6 Å². The SMILES string of the molecule is Cc1nc2nnc3c(=O)n(-c4ccccc4C(F)(F)F)ccc3n2n1. The Morgan fingerprint density at radius 3 is 2.60 bits per heavy atom. The summed E-state index contributed by atoms with van der Waals surface area (Å²) in [7, 11) is 0. The molecule has 0 fully saturated rings. The van der Waals surface area contributed by atoms with E-state index >= 15 is 0 Å². The van der Waals surface area contributed by atoms with Gasteiger partial charge in [-0.05, 0) is 25.1 Å². The minimum absolute atomic E-state index is 0.100. The molecule has 0 saturated carbocycles. The Labute approximate surface area is 137 Å². The van der Waals surface area contributed by atoms with Crippen molar-refractivity contribution in [3.8, 4) is 5.69 Å². The van der Waals surface area contributed by atoms with Crippen LogP contribution in [0.1, 0.15) is 11.4 Å². The van der Waals surface area contributed by atoms with Crippen molar-refractivity contribution in [2.45, 2.75) is 13.1 Å². The van der Waals surface area contributed by atoms with E-state index in [0.29, 0.717) is 11.3 Å². The number of halogens is 3. The van der Waals surface area contributed by atoms with Crippen LogP contribution >= 0.6 is 0 Å². The molecule has 0 radical (unpaired) electrons. The highest BCUT2D eigenvalue weighted by molar-refractivity contribution is 5.74. The van der Waals surface area contributed by atoms with Crippen molar-refractivity contribution in [2.24, 2.45) is 0 Å². The van der Waals surface area contributed by atoms with Crippen molar-refractivity contribution in [2.75, 3.05) is 0 Å². The van der Waals surface area contributed by atoms with Crippen LogP contribution in [0, 0.1) is 6.92 Å². The number of pyridine rings is 1. The van der Waals surface area contributed by atoms with Gasteiger partial charge in [-0.15, -0.1) is 15.3 Å². The third-order valence-corrected chi connectivity index (χ3v) is 3.68. The van der Waals surface area contributed by atoms with Crippen molar-refractivity contribution in [1.29, 1.82) is 0 Å². The van der Waals surface area contributed by atoms with E-state index in [-0.39, 0.29) is 17.0 Å². The third-order valence-electron chi connectivity index (χ3n) is 3.68. The maximum atomic E-state index is 13.2. The van der Waals surface area contributed by atoms with Crippen LogP contribution in [0.3, 0.4) is 0 Å². The monoisotopic (exact) mass is 346 g/mol. The van der Waals surface area contributed by atoms with Gasteiger partial charge in [-0.2, -0.15) is 22.7 Å². The van der Waals surface area contributed by atoms with Crippen molar-refractivity contribution in [3.63, 3.8) is 0 Å². The lowest BCUT2D eigenvalue weighted by atomic mass is 10.1. The van der Waals surface area contributed by atoms with E-state index in [4.69, 9.17) is 0 Å². The summed E-state index contributed by atoms with van der Waals surface area (Å²) in [6, 6.07) is 6.29. The van der Waals surface area contributed by atoms with Gasteiger partial charge in [0.2, 0.25) is 0 Å². The summed E-state index contributed by atoms with van der Waals surface area (Å²) in [6.07, 6.45) is -3.34. The first-order valence-electron chi connectivity index (χ1n) is 7.14. The van der Waals surface area contributed by atoms with E-state index < -0.39 is 17.3 Å². The molecule has 0 amide bonds. The van der Waals surface area contributed by atoms with Gasteiger partial charge < -0.3 is 0 Å². The quantitative estimate of drug-likeness (QED) is 0.528. The second-order valence-corrected chi connectivity index (χ2v) is 5.31. The highest BCUT2D eigenvalue weighted by Gasteiger charge is 2.34. The lowest BCUT2D eigenvalue weighted by molar-refractivity contribution is -0.137. The molecule has 10 heteroatoms. The van der Waals surface area contributed by atoms with Gasteiger partial charge in [-0.3, -0.25) is 9.36 Å². The van der Waals surface area contributed by atoms with Crippen molar-refractivity contribution >= 4 is 16.8 Å². The molecule has 25 heavy (non-hydrogen) atoms. The first kappa shape index (κ1) is 15.2. The Balaban J connectivity index is 2.04.